The Morgan fingerprint density at radius 2 is 1.69 bits per heavy atom. The summed E-state index contributed by atoms with van der Waals surface area (Å²) in [4.78, 5) is 28.3. The monoisotopic (exact) mass is 580 g/mol. The summed E-state index contributed by atoms with van der Waals surface area (Å²) in [5.41, 5.74) is 2.32. The van der Waals surface area contributed by atoms with Crippen LogP contribution in [0.25, 0.3) is 0 Å². The first kappa shape index (κ1) is 29.8. The molecule has 0 aromatic heterocycles. The van der Waals surface area contributed by atoms with Crippen LogP contribution < -0.4 is 9.62 Å². The van der Waals surface area contributed by atoms with E-state index < -0.39 is 34.2 Å². The van der Waals surface area contributed by atoms with Gasteiger partial charge in [0.2, 0.25) is 11.8 Å². The minimum absolute atomic E-state index is 0.139. The molecule has 0 aliphatic carbocycles. The third-order valence-corrected chi connectivity index (χ3v) is 7.86. The van der Waals surface area contributed by atoms with E-state index in [-0.39, 0.29) is 12.5 Å². The number of anilines is 1. The van der Waals surface area contributed by atoms with E-state index in [0.717, 1.165) is 29.8 Å². The molecular formula is C26H37BrN4O4S. The van der Waals surface area contributed by atoms with Crippen LogP contribution in [0.3, 0.4) is 0 Å². The van der Waals surface area contributed by atoms with Crippen molar-refractivity contribution >= 4 is 43.6 Å². The van der Waals surface area contributed by atoms with E-state index in [1.54, 1.807) is 19.9 Å². The quantitative estimate of drug-likeness (QED) is 0.485. The van der Waals surface area contributed by atoms with Gasteiger partial charge < -0.3 is 10.2 Å². The number of hydrogen-bond donors (Lipinski definition) is 1. The molecular weight excluding hydrogens is 544 g/mol. The number of aryl methyl sites for hydroxylation is 2. The van der Waals surface area contributed by atoms with Gasteiger partial charge in [0.1, 0.15) is 12.6 Å². The smallest absolute Gasteiger partial charge is 0.304 e. The van der Waals surface area contributed by atoms with Crippen LogP contribution in [0.4, 0.5) is 5.69 Å². The first-order chi connectivity index (χ1) is 16.5. The molecule has 1 atom stereocenters. The van der Waals surface area contributed by atoms with Crippen LogP contribution in [0.2, 0.25) is 0 Å². The topological polar surface area (TPSA) is 90.0 Å². The molecule has 2 aromatic rings. The normalized spacial score (nSPS) is 12.8. The van der Waals surface area contributed by atoms with E-state index in [1.165, 1.54) is 19.0 Å². The number of nitrogens with zero attached hydrogens (tertiary/aromatic N) is 3. The summed E-state index contributed by atoms with van der Waals surface area (Å²) in [5.74, 6) is -0.808. The van der Waals surface area contributed by atoms with E-state index in [4.69, 9.17) is 0 Å². The second-order valence-corrected chi connectivity index (χ2v) is 13.1. The Kier molecular flexibility index (Phi) is 9.72. The largest absolute Gasteiger partial charge is 0.350 e. The van der Waals surface area contributed by atoms with Crippen LogP contribution in [0.5, 0.6) is 0 Å². The molecule has 1 unspecified atom stereocenters. The maximum atomic E-state index is 13.8. The van der Waals surface area contributed by atoms with Crippen molar-refractivity contribution in [2.24, 2.45) is 0 Å². The molecule has 0 saturated carbocycles. The molecule has 0 aliphatic heterocycles. The lowest BCUT2D eigenvalue weighted by Crippen LogP contribution is -2.55. The van der Waals surface area contributed by atoms with Crippen LogP contribution in [-0.4, -0.2) is 61.7 Å². The zero-order valence-corrected chi connectivity index (χ0v) is 24.7. The number of amides is 2. The maximum absolute atomic E-state index is 13.8. The molecule has 0 spiro atoms. The van der Waals surface area contributed by atoms with Crippen LogP contribution in [-0.2, 0) is 26.3 Å². The second-order valence-electron chi connectivity index (χ2n) is 10.2. The zero-order chi connectivity index (χ0) is 27.4. The molecule has 8 nitrogen and oxygen atoms in total. The number of hydrogen-bond acceptors (Lipinski definition) is 4. The van der Waals surface area contributed by atoms with Gasteiger partial charge >= 0.3 is 10.2 Å². The Morgan fingerprint density at radius 3 is 2.25 bits per heavy atom. The molecule has 198 valence electrons. The van der Waals surface area contributed by atoms with Crippen molar-refractivity contribution in [1.82, 2.24) is 14.5 Å². The van der Waals surface area contributed by atoms with Gasteiger partial charge in [0.05, 0.1) is 5.69 Å². The van der Waals surface area contributed by atoms with Gasteiger partial charge in [-0.25, -0.2) is 4.31 Å². The fourth-order valence-electron chi connectivity index (χ4n) is 3.58. The third-order valence-electron chi connectivity index (χ3n) is 5.56. The minimum Gasteiger partial charge on any atom is -0.350 e. The molecule has 36 heavy (non-hydrogen) atoms. The molecule has 0 aliphatic rings. The van der Waals surface area contributed by atoms with Crippen molar-refractivity contribution in [3.63, 3.8) is 0 Å². The minimum atomic E-state index is -4.00. The molecule has 0 heterocycles. The first-order valence-corrected chi connectivity index (χ1v) is 13.9. The van der Waals surface area contributed by atoms with Gasteiger partial charge in [0.15, 0.2) is 0 Å². The summed E-state index contributed by atoms with van der Waals surface area (Å²) in [6.07, 6.45) is 0. The lowest BCUT2D eigenvalue weighted by atomic mass is 10.1. The fourth-order valence-corrected chi connectivity index (χ4v) is 5.14. The Labute approximate surface area is 224 Å². The molecule has 0 fully saturated rings. The molecule has 2 amide bonds. The van der Waals surface area contributed by atoms with Crippen molar-refractivity contribution in [3.8, 4) is 0 Å². The van der Waals surface area contributed by atoms with Gasteiger partial charge in [0, 0.05) is 30.7 Å². The van der Waals surface area contributed by atoms with Crippen molar-refractivity contribution < 1.29 is 18.0 Å². The fraction of sp³-hybridized carbons (Fsp3) is 0.462. The van der Waals surface area contributed by atoms with Gasteiger partial charge in [-0.1, -0.05) is 40.2 Å². The second kappa shape index (κ2) is 11.7. The SMILES string of the molecule is Cc1ccc(C)c(N(CC(=O)N(Cc2cccc(Br)c2)C(C)C(=O)NC(C)(C)C)S(=O)(=O)N(C)C)c1. The molecule has 10 heteroatoms. The Bertz CT molecular complexity index is 1210. The number of carbonyl (C=O) groups is 2. The summed E-state index contributed by atoms with van der Waals surface area (Å²) >= 11 is 3.45. The van der Waals surface area contributed by atoms with Crippen molar-refractivity contribution in [1.29, 1.82) is 0 Å². The standard InChI is InChI=1S/C26H37BrN4O4S/c1-18-12-13-19(2)23(14-18)31(36(34,35)29(7)8)17-24(32)30(16-21-10-9-11-22(27)15-21)20(3)25(33)28-26(4,5)6/h9-15,20H,16-17H2,1-8H3,(H,28,33). The predicted molar refractivity (Wildman–Crippen MR) is 148 cm³/mol. The molecule has 0 bridgehead atoms. The number of carbonyl (C=O) groups excluding carboxylic acids is 2. The highest BCUT2D eigenvalue weighted by atomic mass is 79.9. The summed E-state index contributed by atoms with van der Waals surface area (Å²) in [7, 11) is -1.15. The van der Waals surface area contributed by atoms with Crippen LogP contribution >= 0.6 is 15.9 Å². The molecule has 2 rings (SSSR count). The van der Waals surface area contributed by atoms with Crippen molar-refractivity contribution in [2.45, 2.75) is 59.7 Å². The summed E-state index contributed by atoms with van der Waals surface area (Å²) < 4.78 is 29.7. The van der Waals surface area contributed by atoms with Gasteiger partial charge in [-0.15, -0.1) is 0 Å². The zero-order valence-electron chi connectivity index (χ0n) is 22.3. The number of benzene rings is 2. The summed E-state index contributed by atoms with van der Waals surface area (Å²) in [6, 6.07) is 12.1. The van der Waals surface area contributed by atoms with Gasteiger partial charge in [-0.3, -0.25) is 9.59 Å². The van der Waals surface area contributed by atoms with E-state index in [2.05, 4.69) is 21.2 Å². The van der Waals surface area contributed by atoms with Gasteiger partial charge in [0.25, 0.3) is 0 Å². The van der Waals surface area contributed by atoms with E-state index in [1.807, 2.05) is 64.1 Å². The summed E-state index contributed by atoms with van der Waals surface area (Å²) in [5, 5.41) is 2.92. The van der Waals surface area contributed by atoms with Crippen molar-refractivity contribution in [3.05, 3.63) is 63.6 Å². The third kappa shape index (κ3) is 7.78. The van der Waals surface area contributed by atoms with Crippen LogP contribution in [0, 0.1) is 13.8 Å². The highest BCUT2D eigenvalue weighted by molar-refractivity contribution is 9.10. The molecule has 1 N–H and O–H groups in total. The Hall–Kier alpha value is -2.43. The number of nitrogens with one attached hydrogen (secondary N) is 1. The first-order valence-electron chi connectivity index (χ1n) is 11.7. The van der Waals surface area contributed by atoms with Gasteiger partial charge in [-0.05, 0) is 76.4 Å². The lowest BCUT2D eigenvalue weighted by Gasteiger charge is -2.34. The van der Waals surface area contributed by atoms with Crippen LogP contribution in [0.1, 0.15) is 44.4 Å². The molecule has 0 radical (unpaired) electrons. The highest BCUT2D eigenvalue weighted by Crippen LogP contribution is 2.26. The molecule has 0 saturated heterocycles. The number of rotatable bonds is 9. The summed E-state index contributed by atoms with van der Waals surface area (Å²) in [6.45, 7) is 10.6. The Balaban J connectivity index is 2.53. The predicted octanol–water partition coefficient (Wildman–Crippen LogP) is 4.01. The maximum Gasteiger partial charge on any atom is 0.304 e. The average molecular weight is 582 g/mol. The number of halogens is 1. The lowest BCUT2D eigenvalue weighted by molar-refractivity contribution is -0.140. The Morgan fingerprint density at radius 1 is 1.06 bits per heavy atom. The van der Waals surface area contributed by atoms with Crippen LogP contribution in [0.15, 0.2) is 46.9 Å². The van der Waals surface area contributed by atoms with E-state index in [9.17, 15) is 18.0 Å². The van der Waals surface area contributed by atoms with Gasteiger partial charge in [-0.2, -0.15) is 12.7 Å². The molecule has 2 aromatic carbocycles. The van der Waals surface area contributed by atoms with E-state index in [0.29, 0.717) is 5.69 Å². The highest BCUT2D eigenvalue weighted by Gasteiger charge is 2.34. The van der Waals surface area contributed by atoms with E-state index >= 15 is 0 Å². The van der Waals surface area contributed by atoms with Crippen molar-refractivity contribution in [2.75, 3.05) is 24.9 Å². The average Bonchev–Trinajstić information content (AvgIpc) is 2.75.